The van der Waals surface area contributed by atoms with Crippen LogP contribution < -0.4 is 16.4 Å². The van der Waals surface area contributed by atoms with Gasteiger partial charge in [-0.05, 0) is 67.6 Å². The van der Waals surface area contributed by atoms with Crippen molar-refractivity contribution < 1.29 is 9.59 Å². The van der Waals surface area contributed by atoms with Crippen molar-refractivity contribution in [3.05, 3.63) is 36.0 Å². The summed E-state index contributed by atoms with van der Waals surface area (Å²) < 4.78 is 0. The molecule has 1 aliphatic heterocycles. The predicted octanol–water partition coefficient (Wildman–Crippen LogP) is 4.69. The third-order valence-corrected chi connectivity index (χ3v) is 8.81. The van der Waals surface area contributed by atoms with Crippen LogP contribution in [0.4, 0.5) is 5.82 Å². The van der Waals surface area contributed by atoms with Crippen molar-refractivity contribution in [2.75, 3.05) is 12.3 Å². The Morgan fingerprint density at radius 1 is 0.973 bits per heavy atom. The Hall–Kier alpha value is -2.51. The average Bonchev–Trinajstić information content (AvgIpc) is 3.38. The number of fused-ring (bicyclic) bond motifs is 1. The summed E-state index contributed by atoms with van der Waals surface area (Å²) in [6.07, 6.45) is 16.5. The van der Waals surface area contributed by atoms with Crippen molar-refractivity contribution >= 4 is 28.4 Å². The third-order valence-electron chi connectivity index (χ3n) is 8.81. The zero-order valence-corrected chi connectivity index (χ0v) is 22.1. The van der Waals surface area contributed by atoms with E-state index in [0.29, 0.717) is 24.3 Å². The number of pyridine rings is 1. The van der Waals surface area contributed by atoms with Gasteiger partial charge >= 0.3 is 0 Å². The molecule has 0 unspecified atom stereocenters. The predicted molar refractivity (Wildman–Crippen MR) is 148 cm³/mol. The van der Waals surface area contributed by atoms with Gasteiger partial charge in [-0.2, -0.15) is 0 Å². The van der Waals surface area contributed by atoms with Gasteiger partial charge in [-0.3, -0.25) is 19.8 Å². The van der Waals surface area contributed by atoms with Crippen molar-refractivity contribution in [3.63, 3.8) is 0 Å². The lowest BCUT2D eigenvalue weighted by Crippen LogP contribution is -2.54. The summed E-state index contributed by atoms with van der Waals surface area (Å²) >= 11 is 0. The number of anilines is 1. The third kappa shape index (κ3) is 6.68. The van der Waals surface area contributed by atoms with Gasteiger partial charge in [0, 0.05) is 24.2 Å². The van der Waals surface area contributed by atoms with E-state index >= 15 is 0 Å². The molecule has 0 spiro atoms. The summed E-state index contributed by atoms with van der Waals surface area (Å²) in [6, 6.07) is 8.01. The fourth-order valence-corrected chi connectivity index (χ4v) is 6.75. The topological polar surface area (TPSA) is 100 Å². The molecule has 2 amide bonds. The Morgan fingerprint density at radius 3 is 2.51 bits per heavy atom. The zero-order chi connectivity index (χ0) is 25.6. The van der Waals surface area contributed by atoms with E-state index in [1.165, 1.54) is 51.4 Å². The number of hydrogen-bond acceptors (Lipinski definition) is 6. The van der Waals surface area contributed by atoms with E-state index in [4.69, 9.17) is 5.73 Å². The molecule has 0 radical (unpaired) electrons. The number of nitrogens with one attached hydrogen (secondary N) is 2. The number of rotatable bonds is 8. The Labute approximate surface area is 221 Å². The second-order valence-electron chi connectivity index (χ2n) is 11.5. The first-order valence-corrected chi connectivity index (χ1v) is 14.5. The highest BCUT2D eigenvalue weighted by Crippen LogP contribution is 2.29. The Kier molecular flexibility index (Phi) is 8.72. The molecule has 2 aliphatic carbocycles. The molecular formula is C30H43N5O2. The van der Waals surface area contributed by atoms with E-state index < -0.39 is 0 Å². The van der Waals surface area contributed by atoms with Crippen LogP contribution in [0.5, 0.6) is 0 Å². The van der Waals surface area contributed by atoms with E-state index in [1.54, 1.807) is 6.20 Å². The maximum absolute atomic E-state index is 13.5. The molecule has 2 saturated carbocycles. The monoisotopic (exact) mass is 505 g/mol. The Morgan fingerprint density at radius 2 is 1.73 bits per heavy atom. The first-order valence-electron chi connectivity index (χ1n) is 14.5. The van der Waals surface area contributed by atoms with Gasteiger partial charge in [-0.1, -0.05) is 63.5 Å². The normalized spacial score (nSPS) is 22.8. The smallest absolute Gasteiger partial charge is 0.243 e. The number of imide groups is 1. The zero-order valence-electron chi connectivity index (χ0n) is 22.1. The highest BCUT2D eigenvalue weighted by Gasteiger charge is 2.34. The quantitative estimate of drug-likeness (QED) is 0.481. The molecule has 0 bridgehead atoms. The second-order valence-corrected chi connectivity index (χ2v) is 11.5. The number of benzene rings is 1. The average molecular weight is 506 g/mol. The molecule has 7 heteroatoms. The minimum atomic E-state index is -0.274. The highest BCUT2D eigenvalue weighted by atomic mass is 16.2. The molecule has 2 atom stereocenters. The van der Waals surface area contributed by atoms with Gasteiger partial charge in [-0.15, -0.1) is 0 Å². The molecule has 7 nitrogen and oxygen atoms in total. The van der Waals surface area contributed by atoms with E-state index in [0.717, 1.165) is 55.0 Å². The van der Waals surface area contributed by atoms with Crippen LogP contribution in [0, 0.1) is 5.92 Å². The summed E-state index contributed by atoms with van der Waals surface area (Å²) in [6.45, 7) is 1.53. The Balaban J connectivity index is 1.22. The van der Waals surface area contributed by atoms with Crippen molar-refractivity contribution in [3.8, 4) is 0 Å². The van der Waals surface area contributed by atoms with Crippen molar-refractivity contribution in [2.24, 2.45) is 5.92 Å². The molecule has 200 valence electrons. The molecule has 2 aromatic rings. The number of nitrogens with zero attached hydrogens (tertiary/aromatic N) is 2. The van der Waals surface area contributed by atoms with Crippen LogP contribution in [0.3, 0.4) is 0 Å². The van der Waals surface area contributed by atoms with E-state index in [2.05, 4.69) is 32.7 Å². The maximum Gasteiger partial charge on any atom is 0.243 e. The fourth-order valence-electron chi connectivity index (χ4n) is 6.75. The summed E-state index contributed by atoms with van der Waals surface area (Å²) in [7, 11) is 0. The lowest BCUT2D eigenvalue weighted by Gasteiger charge is -2.31. The number of hydrogen-bond donors (Lipinski definition) is 3. The fraction of sp³-hybridized carbons (Fsp3) is 0.633. The van der Waals surface area contributed by atoms with Crippen molar-refractivity contribution in [1.82, 2.24) is 20.5 Å². The minimum Gasteiger partial charge on any atom is -0.383 e. The van der Waals surface area contributed by atoms with Crippen molar-refractivity contribution in [2.45, 2.75) is 108 Å². The van der Waals surface area contributed by atoms with Crippen LogP contribution in [0.2, 0.25) is 0 Å². The van der Waals surface area contributed by atoms with Crippen LogP contribution in [-0.2, 0) is 16.1 Å². The highest BCUT2D eigenvalue weighted by molar-refractivity contribution is 6.00. The molecule has 1 aromatic carbocycles. The number of likely N-dealkylation sites (tertiary alicyclic amines) is 1. The summed E-state index contributed by atoms with van der Waals surface area (Å²) in [4.78, 5) is 33.2. The van der Waals surface area contributed by atoms with Gasteiger partial charge in [0.05, 0.1) is 12.1 Å². The molecule has 1 saturated heterocycles. The van der Waals surface area contributed by atoms with Crippen molar-refractivity contribution in [1.29, 1.82) is 0 Å². The van der Waals surface area contributed by atoms with Crippen LogP contribution >= 0.6 is 0 Å². The SMILES string of the molecule is Nc1nccc2cc(CN3CCC[C@H]3C(=O)NC(=O)[C@@H](CC3CCCCC3)NC3CCCCC3)ccc12. The van der Waals surface area contributed by atoms with Crippen LogP contribution in [-0.4, -0.2) is 46.4 Å². The number of nitrogen functional groups attached to an aromatic ring is 1. The molecule has 4 N–H and O–H groups in total. The van der Waals surface area contributed by atoms with E-state index in [9.17, 15) is 9.59 Å². The molecule has 37 heavy (non-hydrogen) atoms. The van der Waals surface area contributed by atoms with Gasteiger partial charge in [0.15, 0.2) is 0 Å². The van der Waals surface area contributed by atoms with Crippen LogP contribution in [0.25, 0.3) is 10.8 Å². The van der Waals surface area contributed by atoms with Gasteiger partial charge in [0.25, 0.3) is 0 Å². The van der Waals surface area contributed by atoms with Gasteiger partial charge in [0.2, 0.25) is 11.8 Å². The molecule has 2 heterocycles. The molecular weight excluding hydrogens is 462 g/mol. The number of nitrogens with two attached hydrogens (primary N) is 1. The number of carbonyl (C=O) groups excluding carboxylic acids is 2. The second kappa shape index (κ2) is 12.4. The minimum absolute atomic E-state index is 0.123. The largest absolute Gasteiger partial charge is 0.383 e. The first-order chi connectivity index (χ1) is 18.1. The van der Waals surface area contributed by atoms with Gasteiger partial charge < -0.3 is 11.1 Å². The molecule has 3 aliphatic rings. The summed E-state index contributed by atoms with van der Waals surface area (Å²) in [5, 5.41) is 8.53. The van der Waals surface area contributed by atoms with Gasteiger partial charge in [-0.25, -0.2) is 4.98 Å². The lowest BCUT2D eigenvalue weighted by atomic mass is 9.84. The van der Waals surface area contributed by atoms with Gasteiger partial charge in [0.1, 0.15) is 5.82 Å². The summed E-state index contributed by atoms with van der Waals surface area (Å²) in [5.74, 6) is 0.846. The van der Waals surface area contributed by atoms with E-state index in [1.807, 2.05) is 12.1 Å². The number of amides is 2. The van der Waals surface area contributed by atoms with Crippen LogP contribution in [0.15, 0.2) is 30.5 Å². The Bertz CT molecular complexity index is 1060. The molecule has 5 rings (SSSR count). The first kappa shape index (κ1) is 26.1. The molecule has 1 aromatic heterocycles. The molecule has 3 fully saturated rings. The standard InChI is InChI=1S/C30H43N5O2/c31-28-25-14-13-22(18-23(25)15-16-32-28)20-35-17-7-12-27(35)30(37)34-29(36)26(19-21-8-3-1-4-9-21)33-24-10-5-2-6-11-24/h13-16,18,21,24,26-27,33H,1-12,17,19-20H2,(H2,31,32)(H,34,36,37)/t26-,27+/m1/s1. The maximum atomic E-state index is 13.5. The number of aromatic nitrogens is 1. The van der Waals surface area contributed by atoms with Crippen LogP contribution in [0.1, 0.15) is 89.0 Å². The van der Waals surface area contributed by atoms with E-state index in [-0.39, 0.29) is 23.9 Å². The summed E-state index contributed by atoms with van der Waals surface area (Å²) in [5.41, 5.74) is 7.15. The number of carbonyl (C=O) groups is 2. The lowest BCUT2D eigenvalue weighted by molar-refractivity contribution is -0.134.